The van der Waals surface area contributed by atoms with Crippen LogP contribution in [-0.4, -0.2) is 24.8 Å². The van der Waals surface area contributed by atoms with E-state index in [1.807, 2.05) is 72.8 Å². The minimum atomic E-state index is 0.704. The Morgan fingerprint density at radius 2 is 1.46 bits per heavy atom. The van der Waals surface area contributed by atoms with E-state index < -0.39 is 0 Å². The van der Waals surface area contributed by atoms with Crippen molar-refractivity contribution in [2.24, 2.45) is 10.1 Å². The number of allylic oxidation sites excluding steroid dienone is 2. The van der Waals surface area contributed by atoms with Gasteiger partial charge in [0.2, 0.25) is 5.96 Å². The SMILES string of the molecule is Clc1ccc(C=CC(C=Cc2ccc(Cl)cc2)=NNC2=NCCCCN2)cc1. The van der Waals surface area contributed by atoms with Gasteiger partial charge in [0.05, 0.1) is 5.71 Å². The molecule has 6 heteroatoms. The summed E-state index contributed by atoms with van der Waals surface area (Å²) < 4.78 is 0. The first-order valence-electron chi connectivity index (χ1n) is 9.18. The van der Waals surface area contributed by atoms with Crippen molar-refractivity contribution in [1.29, 1.82) is 0 Å². The molecule has 1 aliphatic heterocycles. The minimum absolute atomic E-state index is 0.704. The van der Waals surface area contributed by atoms with Crippen molar-refractivity contribution < 1.29 is 0 Å². The highest BCUT2D eigenvalue weighted by atomic mass is 35.5. The van der Waals surface area contributed by atoms with Crippen LogP contribution < -0.4 is 10.7 Å². The van der Waals surface area contributed by atoms with Gasteiger partial charge in [-0.1, -0.05) is 59.6 Å². The summed E-state index contributed by atoms with van der Waals surface area (Å²) >= 11 is 11.9. The Morgan fingerprint density at radius 3 is 2.04 bits per heavy atom. The highest BCUT2D eigenvalue weighted by Gasteiger charge is 2.01. The summed E-state index contributed by atoms with van der Waals surface area (Å²) in [6, 6.07) is 15.3. The van der Waals surface area contributed by atoms with Gasteiger partial charge in [0.25, 0.3) is 0 Å². The van der Waals surface area contributed by atoms with Gasteiger partial charge in [-0.3, -0.25) is 4.99 Å². The topological polar surface area (TPSA) is 48.8 Å². The number of hydrazone groups is 1. The summed E-state index contributed by atoms with van der Waals surface area (Å²) in [6.07, 6.45) is 10.1. The van der Waals surface area contributed by atoms with Gasteiger partial charge in [0.1, 0.15) is 0 Å². The van der Waals surface area contributed by atoms with Crippen molar-refractivity contribution in [1.82, 2.24) is 10.7 Å². The van der Waals surface area contributed by atoms with Crippen molar-refractivity contribution >= 4 is 47.0 Å². The molecular weight excluding hydrogens is 391 g/mol. The Bertz CT molecular complexity index is 824. The zero-order valence-electron chi connectivity index (χ0n) is 15.4. The van der Waals surface area contributed by atoms with Crippen molar-refractivity contribution in [3.63, 3.8) is 0 Å². The fourth-order valence-corrected chi connectivity index (χ4v) is 2.78. The zero-order valence-corrected chi connectivity index (χ0v) is 16.9. The quantitative estimate of drug-likeness (QED) is 0.509. The summed E-state index contributed by atoms with van der Waals surface area (Å²) in [6.45, 7) is 1.71. The van der Waals surface area contributed by atoms with Crippen LogP contribution in [0.25, 0.3) is 12.2 Å². The van der Waals surface area contributed by atoms with Gasteiger partial charge >= 0.3 is 0 Å². The highest BCUT2D eigenvalue weighted by molar-refractivity contribution is 6.30. The first-order chi connectivity index (χ1) is 13.7. The average molecular weight is 413 g/mol. The molecule has 0 saturated heterocycles. The molecule has 0 unspecified atom stereocenters. The molecule has 0 spiro atoms. The molecule has 2 aromatic carbocycles. The lowest BCUT2D eigenvalue weighted by Gasteiger charge is -2.06. The van der Waals surface area contributed by atoms with Crippen molar-refractivity contribution in [2.45, 2.75) is 12.8 Å². The van der Waals surface area contributed by atoms with Crippen LogP contribution in [0.2, 0.25) is 10.0 Å². The zero-order chi connectivity index (χ0) is 19.6. The van der Waals surface area contributed by atoms with Crippen molar-refractivity contribution in [3.8, 4) is 0 Å². The molecule has 1 aliphatic rings. The number of rotatable bonds is 5. The van der Waals surface area contributed by atoms with Crippen molar-refractivity contribution in [3.05, 3.63) is 81.9 Å². The van der Waals surface area contributed by atoms with Gasteiger partial charge in [-0.15, -0.1) is 0 Å². The molecule has 0 aromatic heterocycles. The molecule has 28 heavy (non-hydrogen) atoms. The van der Waals surface area contributed by atoms with E-state index in [1.54, 1.807) is 0 Å². The predicted molar refractivity (Wildman–Crippen MR) is 121 cm³/mol. The molecule has 0 radical (unpaired) electrons. The summed E-state index contributed by atoms with van der Waals surface area (Å²) in [5, 5.41) is 9.18. The summed E-state index contributed by atoms with van der Waals surface area (Å²) in [5.74, 6) is 0.704. The number of guanidine groups is 1. The maximum absolute atomic E-state index is 5.95. The number of aliphatic imine (C=N–C) groups is 1. The van der Waals surface area contributed by atoms with Crippen LogP contribution in [-0.2, 0) is 0 Å². The molecule has 0 bridgehead atoms. The van der Waals surface area contributed by atoms with E-state index in [9.17, 15) is 0 Å². The first kappa shape index (κ1) is 20.2. The number of halogens is 2. The molecule has 0 saturated carbocycles. The van der Waals surface area contributed by atoms with Gasteiger partial charge < -0.3 is 5.32 Å². The number of nitrogens with zero attached hydrogens (tertiary/aromatic N) is 2. The van der Waals surface area contributed by atoms with E-state index in [2.05, 4.69) is 20.8 Å². The lowest BCUT2D eigenvalue weighted by molar-refractivity contribution is 0.745. The molecule has 4 nitrogen and oxygen atoms in total. The molecule has 1 heterocycles. The van der Waals surface area contributed by atoms with Crippen molar-refractivity contribution in [2.75, 3.05) is 13.1 Å². The lowest BCUT2D eigenvalue weighted by atomic mass is 10.1. The van der Waals surface area contributed by atoms with Crippen LogP contribution in [0.5, 0.6) is 0 Å². The Balaban J connectivity index is 1.77. The molecule has 144 valence electrons. The van der Waals surface area contributed by atoms with E-state index in [0.29, 0.717) is 16.0 Å². The van der Waals surface area contributed by atoms with Crippen LogP contribution in [0.3, 0.4) is 0 Å². The number of benzene rings is 2. The highest BCUT2D eigenvalue weighted by Crippen LogP contribution is 2.12. The fourth-order valence-electron chi connectivity index (χ4n) is 2.52. The monoisotopic (exact) mass is 412 g/mol. The lowest BCUT2D eigenvalue weighted by Crippen LogP contribution is -2.34. The second kappa shape index (κ2) is 10.7. The van der Waals surface area contributed by atoms with Gasteiger partial charge in [-0.25, -0.2) is 5.43 Å². The van der Waals surface area contributed by atoms with Gasteiger partial charge in [-0.05, 0) is 60.4 Å². The van der Waals surface area contributed by atoms with Crippen LogP contribution >= 0.6 is 23.2 Å². The van der Waals surface area contributed by atoms with Crippen LogP contribution in [0, 0.1) is 0 Å². The molecule has 3 rings (SSSR count). The molecular formula is C22H22Cl2N4. The third-order valence-corrected chi connectivity index (χ3v) is 4.58. The second-order valence-corrected chi connectivity index (χ2v) is 7.16. The number of hydrogen-bond donors (Lipinski definition) is 2. The Labute approximate surface area is 175 Å². The minimum Gasteiger partial charge on any atom is -0.355 e. The summed E-state index contributed by atoms with van der Waals surface area (Å²) in [4.78, 5) is 4.46. The van der Waals surface area contributed by atoms with E-state index in [0.717, 1.165) is 42.8 Å². The summed E-state index contributed by atoms with van der Waals surface area (Å²) in [5.41, 5.74) is 5.88. The maximum Gasteiger partial charge on any atom is 0.212 e. The van der Waals surface area contributed by atoms with Crippen LogP contribution in [0.4, 0.5) is 0 Å². The smallest absolute Gasteiger partial charge is 0.212 e. The Kier molecular flexibility index (Phi) is 7.71. The largest absolute Gasteiger partial charge is 0.355 e. The van der Waals surface area contributed by atoms with E-state index in [4.69, 9.17) is 23.2 Å². The Hall–Kier alpha value is -2.56. The second-order valence-electron chi connectivity index (χ2n) is 6.28. The van der Waals surface area contributed by atoms with Gasteiger partial charge in [0.15, 0.2) is 0 Å². The molecule has 0 aliphatic carbocycles. The average Bonchev–Trinajstić information content (AvgIpc) is 2.99. The molecule has 0 atom stereocenters. The van der Waals surface area contributed by atoms with E-state index >= 15 is 0 Å². The summed E-state index contributed by atoms with van der Waals surface area (Å²) in [7, 11) is 0. The Morgan fingerprint density at radius 1 is 0.893 bits per heavy atom. The molecule has 2 aromatic rings. The normalized spacial score (nSPS) is 14.4. The third kappa shape index (κ3) is 6.87. The standard InChI is InChI=1S/C22H22Cl2N4/c23-19-9-3-17(4-10-19)7-13-21(14-8-18-5-11-20(24)12-6-18)27-28-22-25-15-1-2-16-26-22/h3-14H,1-2,15-16H2,(H2,25,26,28). The van der Waals surface area contributed by atoms with Gasteiger partial charge in [-0.2, -0.15) is 5.10 Å². The van der Waals surface area contributed by atoms with Crippen LogP contribution in [0.1, 0.15) is 24.0 Å². The van der Waals surface area contributed by atoms with E-state index in [-0.39, 0.29) is 0 Å². The predicted octanol–water partition coefficient (Wildman–Crippen LogP) is 5.41. The molecule has 2 N–H and O–H groups in total. The maximum atomic E-state index is 5.95. The molecule has 0 amide bonds. The molecule has 0 fully saturated rings. The van der Waals surface area contributed by atoms with E-state index in [1.165, 1.54) is 0 Å². The third-order valence-electron chi connectivity index (χ3n) is 4.07. The number of hydrogen-bond acceptors (Lipinski definition) is 4. The van der Waals surface area contributed by atoms with Gasteiger partial charge in [0, 0.05) is 23.1 Å². The first-order valence-corrected chi connectivity index (χ1v) is 9.94. The van der Waals surface area contributed by atoms with Crippen LogP contribution in [0.15, 0.2) is 70.8 Å². The fraction of sp³-hybridized carbons (Fsp3) is 0.182. The number of nitrogens with one attached hydrogen (secondary N) is 2.